The number of nitrogens with one attached hydrogen (secondary N) is 2. The molecule has 0 saturated carbocycles. The monoisotopic (exact) mass is 449 g/mol. The molecule has 9 heteroatoms. The number of hydrogen-bond donors (Lipinski definition) is 2. The van der Waals surface area contributed by atoms with Crippen molar-refractivity contribution >= 4 is 29.3 Å². The van der Waals surface area contributed by atoms with Gasteiger partial charge in [0.1, 0.15) is 10.8 Å². The van der Waals surface area contributed by atoms with Crippen molar-refractivity contribution in [3.63, 3.8) is 0 Å². The number of halogens is 1. The second kappa shape index (κ2) is 11.1. The summed E-state index contributed by atoms with van der Waals surface area (Å²) >= 11 is 5.97. The van der Waals surface area contributed by atoms with Crippen LogP contribution in [-0.4, -0.2) is 49.1 Å². The Kier molecular flexibility index (Phi) is 8.79. The van der Waals surface area contributed by atoms with Crippen LogP contribution in [0.25, 0.3) is 0 Å². The minimum absolute atomic E-state index is 0.137. The van der Waals surface area contributed by atoms with E-state index in [-0.39, 0.29) is 16.6 Å². The molecule has 1 unspecified atom stereocenters. The summed E-state index contributed by atoms with van der Waals surface area (Å²) in [6.07, 6.45) is 0.713. The van der Waals surface area contributed by atoms with E-state index >= 15 is 0 Å². The maximum absolute atomic E-state index is 12.4. The largest absolute Gasteiger partial charge is 0.444 e. The number of carbonyl (C=O) groups excluding carboxylic acids is 2. The summed E-state index contributed by atoms with van der Waals surface area (Å²) in [5, 5.41) is 5.71. The highest BCUT2D eigenvalue weighted by Crippen LogP contribution is 2.17. The summed E-state index contributed by atoms with van der Waals surface area (Å²) in [7, 11) is 3.00. The highest BCUT2D eigenvalue weighted by atomic mass is 35.5. The van der Waals surface area contributed by atoms with E-state index in [9.17, 15) is 9.59 Å². The third-order valence-electron chi connectivity index (χ3n) is 4.17. The van der Waals surface area contributed by atoms with Crippen molar-refractivity contribution in [2.75, 3.05) is 19.5 Å². The third kappa shape index (κ3) is 7.82. The SMILES string of the molecule is COC(OC)C(Cc1ccc(NC(=O)c2cccnc2Cl)cc1)NC(=O)OC(C)(C)C. The van der Waals surface area contributed by atoms with Crippen LogP contribution in [0.2, 0.25) is 5.15 Å². The second-order valence-electron chi connectivity index (χ2n) is 7.79. The van der Waals surface area contributed by atoms with Crippen LogP contribution in [0, 0.1) is 0 Å². The van der Waals surface area contributed by atoms with Gasteiger partial charge in [0.25, 0.3) is 5.91 Å². The molecule has 1 aromatic heterocycles. The van der Waals surface area contributed by atoms with Crippen molar-refractivity contribution in [3.8, 4) is 0 Å². The van der Waals surface area contributed by atoms with Crippen molar-refractivity contribution in [3.05, 3.63) is 58.9 Å². The molecular formula is C22H28ClN3O5. The van der Waals surface area contributed by atoms with E-state index in [0.29, 0.717) is 12.1 Å². The zero-order valence-corrected chi connectivity index (χ0v) is 19.0. The fourth-order valence-electron chi connectivity index (χ4n) is 2.83. The van der Waals surface area contributed by atoms with Crippen LogP contribution in [0.4, 0.5) is 10.5 Å². The number of benzene rings is 1. The predicted molar refractivity (Wildman–Crippen MR) is 118 cm³/mol. The number of ether oxygens (including phenoxy) is 3. The Morgan fingerprint density at radius 3 is 2.29 bits per heavy atom. The molecule has 2 N–H and O–H groups in total. The molecule has 1 heterocycles. The minimum atomic E-state index is -0.667. The fourth-order valence-corrected chi connectivity index (χ4v) is 3.04. The number of nitrogens with zero attached hydrogens (tertiary/aromatic N) is 1. The molecule has 31 heavy (non-hydrogen) atoms. The van der Waals surface area contributed by atoms with Crippen molar-refractivity contribution in [2.45, 2.75) is 45.1 Å². The number of aromatic nitrogens is 1. The lowest BCUT2D eigenvalue weighted by atomic mass is 10.0. The molecule has 0 radical (unpaired) electrons. The maximum Gasteiger partial charge on any atom is 0.408 e. The van der Waals surface area contributed by atoms with Gasteiger partial charge in [-0.2, -0.15) is 0 Å². The van der Waals surface area contributed by atoms with Gasteiger partial charge in [0.2, 0.25) is 0 Å². The van der Waals surface area contributed by atoms with Gasteiger partial charge in [-0.15, -0.1) is 0 Å². The molecule has 8 nitrogen and oxygen atoms in total. The first-order chi connectivity index (χ1) is 14.6. The topological polar surface area (TPSA) is 98.8 Å². The zero-order valence-electron chi connectivity index (χ0n) is 18.3. The van der Waals surface area contributed by atoms with Gasteiger partial charge in [-0.3, -0.25) is 4.79 Å². The molecule has 0 aliphatic rings. The first-order valence-electron chi connectivity index (χ1n) is 9.69. The Hall–Kier alpha value is -2.68. The van der Waals surface area contributed by atoms with Crippen LogP contribution in [0.5, 0.6) is 0 Å². The van der Waals surface area contributed by atoms with Crippen LogP contribution >= 0.6 is 11.6 Å². The van der Waals surface area contributed by atoms with E-state index in [1.54, 1.807) is 45.0 Å². The highest BCUT2D eigenvalue weighted by Gasteiger charge is 2.26. The smallest absolute Gasteiger partial charge is 0.408 e. The number of amides is 2. The molecule has 2 rings (SSSR count). The van der Waals surface area contributed by atoms with Gasteiger partial charge in [-0.25, -0.2) is 9.78 Å². The van der Waals surface area contributed by atoms with Gasteiger partial charge < -0.3 is 24.8 Å². The molecule has 168 valence electrons. The van der Waals surface area contributed by atoms with Crippen LogP contribution in [0.1, 0.15) is 36.7 Å². The third-order valence-corrected chi connectivity index (χ3v) is 4.47. The van der Waals surface area contributed by atoms with Crippen LogP contribution < -0.4 is 10.6 Å². The Balaban J connectivity index is 2.07. The highest BCUT2D eigenvalue weighted by molar-refractivity contribution is 6.33. The van der Waals surface area contributed by atoms with Crippen molar-refractivity contribution in [1.29, 1.82) is 0 Å². The fraction of sp³-hybridized carbons (Fsp3) is 0.409. The summed E-state index contributed by atoms with van der Waals surface area (Å²) in [5.74, 6) is -0.353. The number of alkyl carbamates (subject to hydrolysis) is 1. The zero-order chi connectivity index (χ0) is 23.0. The van der Waals surface area contributed by atoms with E-state index in [4.69, 9.17) is 25.8 Å². The first-order valence-corrected chi connectivity index (χ1v) is 10.1. The summed E-state index contributed by atoms with van der Waals surface area (Å²) < 4.78 is 16.0. The Bertz CT molecular complexity index is 879. The number of rotatable bonds is 8. The number of methoxy groups -OCH3 is 2. The lowest BCUT2D eigenvalue weighted by Gasteiger charge is -2.28. The van der Waals surface area contributed by atoms with Crippen LogP contribution in [0.3, 0.4) is 0 Å². The van der Waals surface area contributed by atoms with Gasteiger partial charge in [0, 0.05) is 26.1 Å². The van der Waals surface area contributed by atoms with Gasteiger partial charge in [0.05, 0.1) is 11.6 Å². The molecule has 2 amide bonds. The van der Waals surface area contributed by atoms with Crippen molar-refractivity contribution in [2.24, 2.45) is 0 Å². The molecular weight excluding hydrogens is 422 g/mol. The Labute approximate surface area is 187 Å². The second-order valence-corrected chi connectivity index (χ2v) is 8.15. The summed E-state index contributed by atoms with van der Waals surface area (Å²) in [6.45, 7) is 5.37. The lowest BCUT2D eigenvalue weighted by molar-refractivity contribution is -0.122. The Morgan fingerprint density at radius 1 is 1.10 bits per heavy atom. The van der Waals surface area contributed by atoms with Crippen LogP contribution in [-0.2, 0) is 20.6 Å². The van der Waals surface area contributed by atoms with Gasteiger partial charge >= 0.3 is 6.09 Å². The first kappa shape index (κ1) is 24.6. The van der Waals surface area contributed by atoms with Crippen LogP contribution in [0.15, 0.2) is 42.6 Å². The quantitative estimate of drug-likeness (QED) is 0.466. The lowest BCUT2D eigenvalue weighted by Crippen LogP contribution is -2.48. The van der Waals surface area contributed by atoms with E-state index in [0.717, 1.165) is 5.56 Å². The maximum atomic E-state index is 12.4. The number of anilines is 1. The van der Waals surface area contributed by atoms with Gasteiger partial charge in [-0.05, 0) is 57.0 Å². The summed E-state index contributed by atoms with van der Waals surface area (Å²) in [4.78, 5) is 28.5. The minimum Gasteiger partial charge on any atom is -0.444 e. The van der Waals surface area contributed by atoms with Gasteiger partial charge in [-0.1, -0.05) is 23.7 Å². The molecule has 0 bridgehead atoms. The Morgan fingerprint density at radius 2 is 1.74 bits per heavy atom. The number of carbonyl (C=O) groups is 2. The standard InChI is InChI=1S/C22H28ClN3O5/c1-22(2,3)31-21(28)26-17(20(29-4)30-5)13-14-8-10-15(11-9-14)25-19(27)16-7-6-12-24-18(16)23/h6-12,17,20H,13H2,1-5H3,(H,25,27)(H,26,28). The van der Waals surface area contributed by atoms with E-state index in [2.05, 4.69) is 15.6 Å². The molecule has 1 atom stereocenters. The van der Waals surface area contributed by atoms with Crippen molar-refractivity contribution in [1.82, 2.24) is 10.3 Å². The molecule has 0 spiro atoms. The normalized spacial score (nSPS) is 12.4. The predicted octanol–water partition coefficient (Wildman–Crippen LogP) is 4.04. The van der Waals surface area contributed by atoms with E-state index < -0.39 is 24.0 Å². The molecule has 0 saturated heterocycles. The van der Waals surface area contributed by atoms with Gasteiger partial charge in [0.15, 0.2) is 6.29 Å². The number of pyridine rings is 1. The average Bonchev–Trinajstić information content (AvgIpc) is 2.69. The molecule has 0 aliphatic carbocycles. The molecule has 1 aromatic carbocycles. The van der Waals surface area contributed by atoms with Crippen molar-refractivity contribution < 1.29 is 23.8 Å². The average molecular weight is 450 g/mol. The van der Waals surface area contributed by atoms with E-state index in [1.807, 2.05) is 12.1 Å². The summed E-state index contributed by atoms with van der Waals surface area (Å²) in [5.41, 5.74) is 1.16. The number of hydrogen-bond acceptors (Lipinski definition) is 6. The van der Waals surface area contributed by atoms with E-state index in [1.165, 1.54) is 20.4 Å². The molecule has 0 aliphatic heterocycles. The molecule has 2 aromatic rings. The molecule has 0 fully saturated rings. The summed E-state index contributed by atoms with van der Waals surface area (Å²) in [6, 6.07) is 9.96.